The van der Waals surface area contributed by atoms with Crippen molar-refractivity contribution in [3.63, 3.8) is 0 Å². The molecule has 3 rings (SSSR count). The van der Waals surface area contributed by atoms with Crippen molar-refractivity contribution in [1.29, 1.82) is 0 Å². The fraction of sp³-hybridized carbons (Fsp3) is 0.375. The van der Waals surface area contributed by atoms with E-state index in [1.165, 1.54) is 17.7 Å². The molecule has 1 aromatic heterocycles. The number of aromatic nitrogens is 2. The van der Waals surface area contributed by atoms with E-state index in [0.717, 1.165) is 24.4 Å². The number of thioether (sulfide) groups is 1. The number of nitrogens with zero attached hydrogens (tertiary/aromatic N) is 1. The lowest BCUT2D eigenvalue weighted by atomic mass is 10.0. The van der Waals surface area contributed by atoms with Crippen LogP contribution in [0.3, 0.4) is 0 Å². The van der Waals surface area contributed by atoms with Gasteiger partial charge in [0.05, 0.1) is 11.4 Å². The van der Waals surface area contributed by atoms with Crippen LogP contribution in [0.5, 0.6) is 0 Å². The summed E-state index contributed by atoms with van der Waals surface area (Å²) in [5.74, 6) is 1.88. The Labute approximate surface area is 136 Å². The van der Waals surface area contributed by atoms with Gasteiger partial charge >= 0.3 is 0 Å². The van der Waals surface area contributed by atoms with Gasteiger partial charge < -0.3 is 4.98 Å². The van der Waals surface area contributed by atoms with Gasteiger partial charge in [0.2, 0.25) is 0 Å². The first-order chi connectivity index (χ1) is 10.2. The van der Waals surface area contributed by atoms with Crippen molar-refractivity contribution in [3.05, 3.63) is 56.7 Å². The minimum Gasteiger partial charge on any atom is -0.309 e. The van der Waals surface area contributed by atoms with E-state index in [1.807, 2.05) is 18.2 Å². The molecule has 1 heterocycles. The molecule has 1 fully saturated rings. The van der Waals surface area contributed by atoms with E-state index in [4.69, 9.17) is 4.98 Å². The van der Waals surface area contributed by atoms with Gasteiger partial charge in [-0.15, -0.1) is 11.8 Å². The Morgan fingerprint density at radius 2 is 1.95 bits per heavy atom. The molecule has 110 valence electrons. The van der Waals surface area contributed by atoms with Gasteiger partial charge in [-0.25, -0.2) is 4.98 Å². The van der Waals surface area contributed by atoms with Crippen molar-refractivity contribution >= 4 is 27.7 Å². The first kappa shape index (κ1) is 14.9. The summed E-state index contributed by atoms with van der Waals surface area (Å²) in [7, 11) is 0. The maximum absolute atomic E-state index is 12.1. The normalized spacial score (nSPS) is 15.5. The van der Waals surface area contributed by atoms with Crippen LogP contribution in [0.1, 0.15) is 43.1 Å². The van der Waals surface area contributed by atoms with Crippen molar-refractivity contribution in [3.8, 4) is 0 Å². The van der Waals surface area contributed by atoms with Gasteiger partial charge in [0, 0.05) is 10.8 Å². The van der Waals surface area contributed by atoms with E-state index < -0.39 is 0 Å². The van der Waals surface area contributed by atoms with E-state index in [1.54, 1.807) is 11.8 Å². The van der Waals surface area contributed by atoms with Gasteiger partial charge in [-0.1, -0.05) is 31.0 Å². The molecule has 0 unspecified atom stereocenters. The summed E-state index contributed by atoms with van der Waals surface area (Å²) in [5.41, 5.74) is 0.885. The highest BCUT2D eigenvalue weighted by Crippen LogP contribution is 2.35. The summed E-state index contributed by atoms with van der Waals surface area (Å²) in [6.07, 6.45) is 4.75. The van der Waals surface area contributed by atoms with Crippen LogP contribution in [-0.4, -0.2) is 9.97 Å². The van der Waals surface area contributed by atoms with Crippen LogP contribution in [0, 0.1) is 0 Å². The van der Waals surface area contributed by atoms with Crippen molar-refractivity contribution in [2.24, 2.45) is 0 Å². The van der Waals surface area contributed by atoms with E-state index >= 15 is 0 Å². The van der Waals surface area contributed by atoms with Gasteiger partial charge in [-0.2, -0.15) is 0 Å². The molecule has 2 aromatic rings. The number of halogens is 1. The van der Waals surface area contributed by atoms with Gasteiger partial charge in [-0.05, 0) is 40.9 Å². The molecule has 21 heavy (non-hydrogen) atoms. The second kappa shape index (κ2) is 6.79. The number of nitrogens with one attached hydrogen (secondary N) is 1. The number of hydrogen-bond acceptors (Lipinski definition) is 3. The zero-order valence-corrected chi connectivity index (χ0v) is 14.0. The van der Waals surface area contributed by atoms with Crippen molar-refractivity contribution in [1.82, 2.24) is 9.97 Å². The summed E-state index contributed by atoms with van der Waals surface area (Å²) >= 11 is 5.10. The molecule has 1 aliphatic carbocycles. The molecular weight excluding hydrogens is 348 g/mol. The Kier molecular flexibility index (Phi) is 4.80. The molecule has 0 radical (unpaired) electrons. The lowest BCUT2D eigenvalue weighted by Gasteiger charge is -2.12. The zero-order valence-electron chi connectivity index (χ0n) is 11.6. The van der Waals surface area contributed by atoms with Crippen LogP contribution in [0.2, 0.25) is 0 Å². The van der Waals surface area contributed by atoms with E-state index in [9.17, 15) is 4.79 Å². The molecular formula is C16H17BrN2OS. The molecule has 5 heteroatoms. The highest BCUT2D eigenvalue weighted by Gasteiger charge is 2.22. The minimum atomic E-state index is -0.0597. The molecule has 1 aromatic carbocycles. The largest absolute Gasteiger partial charge is 0.309 e. The lowest BCUT2D eigenvalue weighted by molar-refractivity contribution is 0.680. The van der Waals surface area contributed by atoms with Crippen LogP contribution >= 0.6 is 27.7 Å². The van der Waals surface area contributed by atoms with Crippen molar-refractivity contribution < 1.29 is 0 Å². The lowest BCUT2D eigenvalue weighted by Crippen LogP contribution is -2.16. The molecule has 0 amide bonds. The Bertz CT molecular complexity index is 666. The predicted molar refractivity (Wildman–Crippen MR) is 89.8 cm³/mol. The molecule has 0 saturated heterocycles. The molecule has 0 spiro atoms. The third-order valence-corrected chi connectivity index (χ3v) is 5.59. The highest BCUT2D eigenvalue weighted by atomic mass is 79.9. The Morgan fingerprint density at radius 1 is 1.24 bits per heavy atom. The first-order valence-corrected chi connectivity index (χ1v) is 8.98. The smallest absolute Gasteiger partial charge is 0.265 e. The number of benzene rings is 1. The summed E-state index contributed by atoms with van der Waals surface area (Å²) in [4.78, 5) is 20.8. The monoisotopic (exact) mass is 364 g/mol. The maximum atomic E-state index is 12.1. The average Bonchev–Trinajstić information content (AvgIpc) is 3.03. The number of hydrogen-bond donors (Lipinski definition) is 1. The Hall–Kier alpha value is -1.07. The molecule has 0 aliphatic heterocycles. The fourth-order valence-electron chi connectivity index (χ4n) is 2.73. The standard InChI is InChI=1S/C16H17BrN2OS/c17-14-15(11-6-4-5-7-11)18-13(19-16(14)20)10-21-12-8-2-1-3-9-12/h1-3,8-9,11H,4-7,10H2,(H,18,19,20). The third kappa shape index (κ3) is 3.58. The van der Waals surface area contributed by atoms with Crippen molar-refractivity contribution in [2.75, 3.05) is 0 Å². The second-order valence-electron chi connectivity index (χ2n) is 5.29. The van der Waals surface area contributed by atoms with Gasteiger partial charge in [0.15, 0.2) is 0 Å². The SMILES string of the molecule is O=c1[nH]c(CSc2ccccc2)nc(C2CCCC2)c1Br. The number of H-pyrrole nitrogens is 1. The third-order valence-electron chi connectivity index (χ3n) is 3.80. The minimum absolute atomic E-state index is 0.0597. The van der Waals surface area contributed by atoms with E-state index in [2.05, 4.69) is 33.0 Å². The van der Waals surface area contributed by atoms with Gasteiger partial charge in [0.25, 0.3) is 5.56 Å². The summed E-state index contributed by atoms with van der Waals surface area (Å²) in [5, 5.41) is 0. The highest BCUT2D eigenvalue weighted by molar-refractivity contribution is 9.10. The predicted octanol–water partition coefficient (Wildman–Crippen LogP) is 4.48. The second-order valence-corrected chi connectivity index (χ2v) is 7.14. The number of rotatable bonds is 4. The van der Waals surface area contributed by atoms with Crippen LogP contribution in [0.4, 0.5) is 0 Å². The van der Waals surface area contributed by atoms with Crippen LogP contribution in [-0.2, 0) is 5.75 Å². The van der Waals surface area contributed by atoms with Crippen LogP contribution in [0.25, 0.3) is 0 Å². The fourth-order valence-corrected chi connectivity index (χ4v) is 4.03. The quantitative estimate of drug-likeness (QED) is 0.813. The number of aromatic amines is 1. The summed E-state index contributed by atoms with van der Waals surface area (Å²) in [6.45, 7) is 0. The van der Waals surface area contributed by atoms with Crippen LogP contribution in [0.15, 0.2) is 44.5 Å². The van der Waals surface area contributed by atoms with E-state index in [0.29, 0.717) is 16.1 Å². The Morgan fingerprint density at radius 3 is 2.67 bits per heavy atom. The van der Waals surface area contributed by atoms with Crippen molar-refractivity contribution in [2.45, 2.75) is 42.2 Å². The molecule has 0 bridgehead atoms. The molecule has 3 nitrogen and oxygen atoms in total. The molecule has 1 aliphatic rings. The average molecular weight is 365 g/mol. The van der Waals surface area contributed by atoms with E-state index in [-0.39, 0.29) is 5.56 Å². The molecule has 0 atom stereocenters. The van der Waals surface area contributed by atoms with Gasteiger partial charge in [-0.3, -0.25) is 4.79 Å². The summed E-state index contributed by atoms with van der Waals surface area (Å²) < 4.78 is 0.614. The topological polar surface area (TPSA) is 45.8 Å². The van der Waals surface area contributed by atoms with Crippen LogP contribution < -0.4 is 5.56 Å². The summed E-state index contributed by atoms with van der Waals surface area (Å²) in [6, 6.07) is 10.2. The zero-order chi connectivity index (χ0) is 14.7. The van der Waals surface area contributed by atoms with Gasteiger partial charge in [0.1, 0.15) is 10.3 Å². The molecule has 1 N–H and O–H groups in total. The first-order valence-electron chi connectivity index (χ1n) is 7.20. The Balaban J connectivity index is 1.80. The molecule has 1 saturated carbocycles. The maximum Gasteiger partial charge on any atom is 0.265 e.